The van der Waals surface area contributed by atoms with Gasteiger partial charge in [0, 0.05) is 0 Å². The summed E-state index contributed by atoms with van der Waals surface area (Å²) in [5.74, 6) is 0.394. The van der Waals surface area contributed by atoms with Crippen LogP contribution < -0.4 is 5.73 Å². The Labute approximate surface area is 196 Å². The first-order chi connectivity index (χ1) is 15.5. The molecule has 1 aliphatic rings. The number of nitrogens with two attached hydrogens (primary N) is 1. The van der Waals surface area contributed by atoms with E-state index in [0.717, 1.165) is 38.5 Å². The molecule has 0 spiro atoms. The Kier molecular flexibility index (Phi) is 13.0. The van der Waals surface area contributed by atoms with E-state index >= 15 is 0 Å². The molecular weight excluding hydrogens is 451 g/mol. The lowest BCUT2D eigenvalue weighted by atomic mass is 9.86. The predicted octanol–water partition coefficient (Wildman–Crippen LogP) is 2.38. The summed E-state index contributed by atoms with van der Waals surface area (Å²) in [6.45, 7) is 4.89. The largest absolute Gasteiger partial charge is 0.469 e. The van der Waals surface area contributed by atoms with Crippen LogP contribution in [-0.4, -0.2) is 68.2 Å². The van der Waals surface area contributed by atoms with Crippen LogP contribution in [0, 0.1) is 0 Å². The Morgan fingerprint density at radius 1 is 1.12 bits per heavy atom. The Balaban J connectivity index is 2.31. The minimum absolute atomic E-state index is 0.0271. The molecule has 0 aromatic rings. The highest BCUT2D eigenvalue weighted by Gasteiger charge is 2.43. The second-order valence-corrected chi connectivity index (χ2v) is 9.86. The monoisotopic (exact) mass is 492 g/mol. The average molecular weight is 493 g/mol. The summed E-state index contributed by atoms with van der Waals surface area (Å²) >= 11 is 0. The summed E-state index contributed by atoms with van der Waals surface area (Å²) in [5.41, 5.74) is 5.15. The number of Topliss-reactive ketones (excluding diaryl/α,β-unsaturated/α-hetero) is 1. The van der Waals surface area contributed by atoms with Crippen LogP contribution in [0.4, 0.5) is 0 Å². The van der Waals surface area contributed by atoms with Gasteiger partial charge in [-0.15, -0.1) is 0 Å². The van der Waals surface area contributed by atoms with Gasteiger partial charge in [0.05, 0.1) is 12.7 Å². The zero-order chi connectivity index (χ0) is 25.1. The number of hydrogen-bond donors (Lipinski definition) is 5. The van der Waals surface area contributed by atoms with Gasteiger partial charge in [0.25, 0.3) is 0 Å². The number of aliphatic imine (C=N–C) groups is 1. The number of ether oxygens (including phenoxy) is 1. The van der Waals surface area contributed by atoms with Gasteiger partial charge in [-0.05, 0) is 39.2 Å². The van der Waals surface area contributed by atoms with E-state index in [4.69, 9.17) is 20.3 Å². The molecule has 6 N–H and O–H groups in total. The molecule has 0 saturated carbocycles. The summed E-state index contributed by atoms with van der Waals surface area (Å²) in [4.78, 5) is 34.3. The van der Waals surface area contributed by atoms with Crippen molar-refractivity contribution in [2.45, 2.75) is 109 Å². The van der Waals surface area contributed by atoms with Crippen LogP contribution in [0.25, 0.3) is 0 Å². The fourth-order valence-corrected chi connectivity index (χ4v) is 4.45. The number of phosphoric acid groups is 1. The van der Waals surface area contributed by atoms with Crippen molar-refractivity contribution >= 4 is 19.4 Å². The molecule has 0 aliphatic carbocycles. The van der Waals surface area contributed by atoms with E-state index in [1.165, 1.54) is 0 Å². The number of rotatable bonds is 16. The topological polar surface area (TPSA) is 172 Å². The molecule has 192 valence electrons. The number of hydrogen-bond acceptors (Lipinski definition) is 7. The third-order valence-corrected chi connectivity index (χ3v) is 6.60. The molecule has 5 atom stereocenters. The molecule has 1 fully saturated rings. The lowest BCUT2D eigenvalue weighted by molar-refractivity contribution is -0.122. The maximum absolute atomic E-state index is 12.2. The molecule has 0 aromatic heterocycles. The Bertz CT molecular complexity index is 711. The zero-order valence-corrected chi connectivity index (χ0v) is 20.8. The number of amidine groups is 1. The van der Waals surface area contributed by atoms with Crippen molar-refractivity contribution in [3.63, 3.8) is 0 Å². The molecule has 0 radical (unpaired) electrons. The van der Waals surface area contributed by atoms with Gasteiger partial charge in [-0.2, -0.15) is 0 Å². The first kappa shape index (κ1) is 29.9. The summed E-state index contributed by atoms with van der Waals surface area (Å²) in [6.07, 6.45) is 6.92. The fraction of sp³-hybridized carbons (Fsp3) is 0.818. The summed E-state index contributed by atoms with van der Waals surface area (Å²) in [7, 11) is -4.66. The minimum Gasteiger partial charge on any atom is -0.388 e. The summed E-state index contributed by atoms with van der Waals surface area (Å²) < 4.78 is 20.7. The first-order valence-corrected chi connectivity index (χ1v) is 13.2. The van der Waals surface area contributed by atoms with E-state index in [2.05, 4.69) is 9.52 Å². The zero-order valence-electron chi connectivity index (χ0n) is 19.9. The molecule has 1 aliphatic heterocycles. The van der Waals surface area contributed by atoms with E-state index in [0.29, 0.717) is 25.1 Å². The molecule has 0 bridgehead atoms. The van der Waals surface area contributed by atoms with Crippen LogP contribution in [0.3, 0.4) is 0 Å². The number of nitrogens with zero attached hydrogens (tertiary/aromatic N) is 1. The number of aliphatic hydroxyl groups is 2. The van der Waals surface area contributed by atoms with Gasteiger partial charge in [0.15, 0.2) is 5.78 Å². The third kappa shape index (κ3) is 10.3. The molecule has 11 heteroatoms. The summed E-state index contributed by atoms with van der Waals surface area (Å²) in [6, 6.07) is 0. The van der Waals surface area contributed by atoms with Crippen LogP contribution in [0.2, 0.25) is 0 Å². The van der Waals surface area contributed by atoms with Crippen molar-refractivity contribution in [3.05, 3.63) is 12.2 Å². The van der Waals surface area contributed by atoms with Crippen LogP contribution in [0.1, 0.15) is 78.6 Å². The second kappa shape index (κ2) is 14.3. The Morgan fingerprint density at radius 3 is 2.24 bits per heavy atom. The number of ketones is 1. The fourth-order valence-electron chi connectivity index (χ4n) is 4.11. The summed E-state index contributed by atoms with van der Waals surface area (Å²) in [5, 5.41) is 20.1. The number of phosphoric ester groups is 1. The van der Waals surface area contributed by atoms with Crippen molar-refractivity contribution in [1.82, 2.24) is 0 Å². The van der Waals surface area contributed by atoms with Crippen LogP contribution in [0.5, 0.6) is 0 Å². The number of aliphatic hydroxyl groups excluding tert-OH is 2. The highest BCUT2D eigenvalue weighted by atomic mass is 31.2. The third-order valence-electron chi connectivity index (χ3n) is 6.12. The van der Waals surface area contributed by atoms with E-state index < -0.39 is 44.4 Å². The molecule has 1 heterocycles. The van der Waals surface area contributed by atoms with Gasteiger partial charge in [-0.3, -0.25) is 14.3 Å². The van der Waals surface area contributed by atoms with Gasteiger partial charge in [0.2, 0.25) is 0 Å². The normalized spacial score (nSPS) is 26.1. The maximum Gasteiger partial charge on any atom is 0.469 e. The minimum atomic E-state index is -4.66. The number of allylic oxidation sites excluding steroid dienone is 1. The second-order valence-electron chi connectivity index (χ2n) is 8.62. The lowest BCUT2D eigenvalue weighted by Gasteiger charge is -2.26. The molecular formula is C22H41N2O8P. The molecule has 0 amide bonds. The first-order valence-electron chi connectivity index (χ1n) is 11.7. The Hall–Kier alpha value is -1.13. The van der Waals surface area contributed by atoms with Crippen molar-refractivity contribution in [2.24, 2.45) is 10.7 Å². The van der Waals surface area contributed by atoms with Crippen LogP contribution in [0.15, 0.2) is 17.1 Å². The van der Waals surface area contributed by atoms with E-state index in [1.54, 1.807) is 19.1 Å². The van der Waals surface area contributed by atoms with Gasteiger partial charge in [-0.25, -0.2) is 4.57 Å². The standard InChI is InChI=1S/C22H41N2O8P/c1-4-12-19(23)24-22(5-2,16(3)25)14-11-9-7-6-8-10-13-17-20(26)21(27)18(32-17)15-31-33(28,29)30/h4,12,17-18,20-21,26-27H,5-11,13-15H2,1-3H3,(H2,23,24)(H2,28,29,30)/b12-4-. The van der Waals surface area contributed by atoms with Crippen LogP contribution >= 0.6 is 7.82 Å². The molecule has 0 aromatic carbocycles. The maximum atomic E-state index is 12.2. The highest BCUT2D eigenvalue weighted by Crippen LogP contribution is 2.37. The quantitative estimate of drug-likeness (QED) is 0.0938. The average Bonchev–Trinajstić information content (AvgIpc) is 3.00. The van der Waals surface area contributed by atoms with E-state index in [1.807, 2.05) is 13.8 Å². The molecule has 1 rings (SSSR count). The van der Waals surface area contributed by atoms with Crippen LogP contribution in [-0.2, 0) is 18.6 Å². The Morgan fingerprint density at radius 2 is 1.70 bits per heavy atom. The van der Waals surface area contributed by atoms with Gasteiger partial charge in [-0.1, -0.05) is 51.5 Å². The highest BCUT2D eigenvalue weighted by molar-refractivity contribution is 7.46. The SMILES string of the molecule is C/C=C\C(N)=NC(CC)(CCCCCCCCC1OC(COP(=O)(O)O)C(O)C1O)C(C)=O. The van der Waals surface area contributed by atoms with Crippen molar-refractivity contribution in [2.75, 3.05) is 6.61 Å². The molecule has 33 heavy (non-hydrogen) atoms. The predicted molar refractivity (Wildman–Crippen MR) is 126 cm³/mol. The van der Waals surface area contributed by atoms with E-state index in [9.17, 15) is 19.6 Å². The van der Waals surface area contributed by atoms with Gasteiger partial charge in [0.1, 0.15) is 29.7 Å². The number of carbonyl (C=O) groups is 1. The molecule has 1 saturated heterocycles. The van der Waals surface area contributed by atoms with Crippen molar-refractivity contribution in [3.8, 4) is 0 Å². The molecule has 5 unspecified atom stereocenters. The van der Waals surface area contributed by atoms with Crippen molar-refractivity contribution < 1.29 is 38.6 Å². The smallest absolute Gasteiger partial charge is 0.388 e. The number of carbonyl (C=O) groups excluding carboxylic acids is 1. The van der Waals surface area contributed by atoms with Gasteiger partial charge < -0.3 is 30.5 Å². The van der Waals surface area contributed by atoms with Gasteiger partial charge >= 0.3 is 7.82 Å². The molecule has 10 nitrogen and oxygen atoms in total. The van der Waals surface area contributed by atoms with Crippen molar-refractivity contribution in [1.29, 1.82) is 0 Å². The lowest BCUT2D eigenvalue weighted by Crippen LogP contribution is -2.36. The number of unbranched alkanes of at least 4 members (excludes halogenated alkanes) is 5. The van der Waals surface area contributed by atoms with E-state index in [-0.39, 0.29) is 5.78 Å².